The van der Waals surface area contributed by atoms with E-state index < -0.39 is 17.6 Å². The minimum absolute atomic E-state index is 0.307. The van der Waals surface area contributed by atoms with Gasteiger partial charge in [0.1, 0.15) is 23.3 Å². The largest absolute Gasteiger partial charge is 0.399 e. The predicted octanol–water partition coefficient (Wildman–Crippen LogP) is 5.22. The summed E-state index contributed by atoms with van der Waals surface area (Å²) in [4.78, 5) is 9.36. The second-order valence-corrected chi connectivity index (χ2v) is 8.48. The minimum Gasteiger partial charge on any atom is -0.399 e. The van der Waals surface area contributed by atoms with Crippen LogP contribution in [0.2, 0.25) is 0 Å². The molecule has 0 aliphatic carbocycles. The number of anilines is 2. The van der Waals surface area contributed by atoms with Crippen LogP contribution in [0.3, 0.4) is 0 Å². The first-order valence-electron chi connectivity index (χ1n) is 11.2. The molecule has 0 spiro atoms. The van der Waals surface area contributed by atoms with Crippen LogP contribution >= 0.6 is 0 Å². The Hall–Kier alpha value is -4.33. The quantitative estimate of drug-likeness (QED) is 0.344. The summed E-state index contributed by atoms with van der Waals surface area (Å²) >= 11 is 0. The van der Waals surface area contributed by atoms with Crippen molar-refractivity contribution in [2.45, 2.75) is 19.3 Å². The summed E-state index contributed by atoms with van der Waals surface area (Å²) in [5.74, 6) is -0.410. The smallest absolute Gasteiger partial charge is 0.181 e. The molecule has 2 heterocycles. The van der Waals surface area contributed by atoms with Crippen molar-refractivity contribution in [1.82, 2.24) is 19.7 Å². The van der Waals surface area contributed by atoms with Gasteiger partial charge in [0.05, 0.1) is 11.6 Å². The van der Waals surface area contributed by atoms with Crippen LogP contribution in [-0.4, -0.2) is 19.7 Å². The number of aromatic nitrogens is 4. The van der Waals surface area contributed by atoms with E-state index in [-0.39, 0.29) is 0 Å². The fourth-order valence-electron chi connectivity index (χ4n) is 4.34. The third-order valence-electron chi connectivity index (χ3n) is 6.12. The fraction of sp³-hybridized carbons (Fsp3) is 0.148. The summed E-state index contributed by atoms with van der Waals surface area (Å²) in [6.07, 6.45) is 0.733. The van der Waals surface area contributed by atoms with Gasteiger partial charge < -0.3 is 11.5 Å². The van der Waals surface area contributed by atoms with Crippen LogP contribution in [0.1, 0.15) is 35.5 Å². The molecule has 0 radical (unpaired) electrons. The van der Waals surface area contributed by atoms with Gasteiger partial charge in [-0.3, -0.25) is 4.68 Å². The monoisotopic (exact) mass is 470 g/mol. The molecule has 0 aliphatic heterocycles. The zero-order chi connectivity index (χ0) is 24.7. The van der Waals surface area contributed by atoms with Gasteiger partial charge in [0.15, 0.2) is 5.82 Å². The highest BCUT2D eigenvalue weighted by Crippen LogP contribution is 2.36. The highest BCUT2D eigenvalue weighted by molar-refractivity contribution is 5.93. The number of nitrogen functional groups attached to an aromatic ring is 2. The van der Waals surface area contributed by atoms with E-state index in [1.54, 1.807) is 36.0 Å². The van der Waals surface area contributed by atoms with Gasteiger partial charge in [-0.2, -0.15) is 5.10 Å². The molecule has 1 atom stereocenters. The molecule has 5 rings (SSSR count). The maximum absolute atomic E-state index is 15.3. The summed E-state index contributed by atoms with van der Waals surface area (Å²) in [6, 6.07) is 18.3. The molecule has 8 heteroatoms. The van der Waals surface area contributed by atoms with E-state index in [0.717, 1.165) is 22.8 Å². The standard InChI is InChI=1S/C27H24F2N6/c1-3-15-7-10-22(29)21(11-15)24(23-14-17-13-19(30)8-9-20(17)25(31)32-23)27-33-26(34-35(27)2)16-5-4-6-18(28)12-16/h4-14,24H,3,30H2,1-2H3,(H2,31,32). The van der Waals surface area contributed by atoms with Gasteiger partial charge in [-0.25, -0.2) is 18.7 Å². The van der Waals surface area contributed by atoms with Crippen LogP contribution in [0, 0.1) is 11.6 Å². The second-order valence-electron chi connectivity index (χ2n) is 8.48. The van der Waals surface area contributed by atoms with Crippen LogP contribution in [0.15, 0.2) is 66.7 Å². The number of fused-ring (bicyclic) bond motifs is 1. The van der Waals surface area contributed by atoms with Gasteiger partial charge in [0.2, 0.25) is 0 Å². The Morgan fingerprint density at radius 2 is 1.77 bits per heavy atom. The summed E-state index contributed by atoms with van der Waals surface area (Å²) in [5.41, 5.74) is 15.3. The maximum atomic E-state index is 15.3. The number of pyridine rings is 1. The van der Waals surface area contributed by atoms with E-state index in [1.165, 1.54) is 18.2 Å². The zero-order valence-corrected chi connectivity index (χ0v) is 19.3. The molecular formula is C27H24F2N6. The van der Waals surface area contributed by atoms with Crippen LogP contribution in [0.25, 0.3) is 22.2 Å². The van der Waals surface area contributed by atoms with Gasteiger partial charge >= 0.3 is 0 Å². The second kappa shape index (κ2) is 8.79. The van der Waals surface area contributed by atoms with Crippen molar-refractivity contribution in [1.29, 1.82) is 0 Å². The van der Waals surface area contributed by atoms with E-state index in [9.17, 15) is 4.39 Å². The number of hydrogen-bond acceptors (Lipinski definition) is 5. The van der Waals surface area contributed by atoms with Crippen molar-refractivity contribution in [3.63, 3.8) is 0 Å². The lowest BCUT2D eigenvalue weighted by Gasteiger charge is -2.19. The normalized spacial score (nSPS) is 12.2. The first-order chi connectivity index (χ1) is 16.8. The third-order valence-corrected chi connectivity index (χ3v) is 6.12. The van der Waals surface area contributed by atoms with Crippen molar-refractivity contribution in [3.8, 4) is 11.4 Å². The molecule has 0 fully saturated rings. The average Bonchev–Trinajstić information content (AvgIpc) is 3.21. The van der Waals surface area contributed by atoms with Crippen LogP contribution in [0.4, 0.5) is 20.3 Å². The Morgan fingerprint density at radius 1 is 0.943 bits per heavy atom. The molecule has 35 heavy (non-hydrogen) atoms. The summed E-state index contributed by atoms with van der Waals surface area (Å²) < 4.78 is 30.8. The highest BCUT2D eigenvalue weighted by Gasteiger charge is 2.28. The highest BCUT2D eigenvalue weighted by atomic mass is 19.1. The van der Waals surface area contributed by atoms with Gasteiger partial charge in [0, 0.05) is 29.2 Å². The Bertz CT molecular complexity index is 1560. The van der Waals surface area contributed by atoms with Gasteiger partial charge in [0.25, 0.3) is 0 Å². The summed E-state index contributed by atoms with van der Waals surface area (Å²) in [7, 11) is 1.72. The number of halogens is 2. The van der Waals surface area contributed by atoms with E-state index in [0.29, 0.717) is 40.0 Å². The van der Waals surface area contributed by atoms with Crippen molar-refractivity contribution in [2.75, 3.05) is 11.5 Å². The lowest BCUT2D eigenvalue weighted by atomic mass is 9.91. The minimum atomic E-state index is -0.713. The molecule has 0 bridgehead atoms. The fourth-order valence-corrected chi connectivity index (χ4v) is 4.34. The van der Waals surface area contributed by atoms with Crippen molar-refractivity contribution >= 4 is 22.3 Å². The van der Waals surface area contributed by atoms with Crippen LogP contribution in [-0.2, 0) is 13.5 Å². The maximum Gasteiger partial charge on any atom is 0.181 e. The van der Waals surface area contributed by atoms with Crippen LogP contribution < -0.4 is 11.5 Å². The first kappa shape index (κ1) is 22.5. The lowest BCUT2D eigenvalue weighted by Crippen LogP contribution is -2.14. The molecular weight excluding hydrogens is 446 g/mol. The number of benzene rings is 3. The van der Waals surface area contributed by atoms with Crippen LogP contribution in [0.5, 0.6) is 0 Å². The predicted molar refractivity (Wildman–Crippen MR) is 134 cm³/mol. The van der Waals surface area contributed by atoms with Gasteiger partial charge in [-0.1, -0.05) is 31.2 Å². The summed E-state index contributed by atoms with van der Waals surface area (Å²) in [6.45, 7) is 2.01. The Morgan fingerprint density at radius 3 is 2.54 bits per heavy atom. The van der Waals surface area contributed by atoms with E-state index in [4.69, 9.17) is 16.5 Å². The molecule has 2 aromatic heterocycles. The number of hydrogen-bond donors (Lipinski definition) is 2. The van der Waals surface area contributed by atoms with E-state index >= 15 is 4.39 Å². The molecule has 1 unspecified atom stereocenters. The average molecular weight is 471 g/mol. The van der Waals surface area contributed by atoms with E-state index in [1.807, 2.05) is 31.2 Å². The molecule has 0 aliphatic rings. The number of rotatable bonds is 5. The van der Waals surface area contributed by atoms with Crippen molar-refractivity contribution in [3.05, 3.63) is 101 Å². The first-order valence-corrected chi connectivity index (χ1v) is 11.2. The van der Waals surface area contributed by atoms with E-state index in [2.05, 4.69) is 10.1 Å². The molecule has 0 amide bonds. The molecule has 3 aromatic carbocycles. The number of aryl methyl sites for hydroxylation is 2. The number of nitrogens with two attached hydrogens (primary N) is 2. The summed E-state index contributed by atoms with van der Waals surface area (Å²) in [5, 5.41) is 6.04. The van der Waals surface area contributed by atoms with Crippen molar-refractivity contribution < 1.29 is 8.78 Å². The third kappa shape index (κ3) is 4.19. The molecule has 0 saturated heterocycles. The Labute approximate surface area is 201 Å². The van der Waals surface area contributed by atoms with Crippen molar-refractivity contribution in [2.24, 2.45) is 7.05 Å². The molecule has 176 valence electrons. The lowest BCUT2D eigenvalue weighted by molar-refractivity contribution is 0.591. The SMILES string of the molecule is CCc1ccc(F)c(C(c2cc3cc(N)ccc3c(N)n2)c2nc(-c3cccc(F)c3)nn2C)c1. The zero-order valence-electron chi connectivity index (χ0n) is 19.3. The molecule has 6 nitrogen and oxygen atoms in total. The Kier molecular flexibility index (Phi) is 5.64. The number of nitrogens with zero attached hydrogens (tertiary/aromatic N) is 4. The molecule has 5 aromatic rings. The molecule has 4 N–H and O–H groups in total. The Balaban J connectivity index is 1.76. The van der Waals surface area contributed by atoms with Gasteiger partial charge in [-0.15, -0.1) is 0 Å². The molecule has 0 saturated carbocycles. The topological polar surface area (TPSA) is 95.6 Å². The van der Waals surface area contributed by atoms with Gasteiger partial charge in [-0.05, 0) is 59.8 Å².